The van der Waals surface area contributed by atoms with E-state index in [0.29, 0.717) is 17.7 Å². The van der Waals surface area contributed by atoms with E-state index in [2.05, 4.69) is 34.0 Å². The van der Waals surface area contributed by atoms with E-state index in [9.17, 15) is 4.79 Å². The minimum atomic E-state index is 0.0791. The number of carbonyl (C=O) groups excluding carboxylic acids is 1. The summed E-state index contributed by atoms with van der Waals surface area (Å²) in [6, 6.07) is 12.3. The number of aryl methyl sites for hydroxylation is 1. The number of nitrogens with one attached hydrogen (secondary N) is 1. The van der Waals surface area contributed by atoms with Crippen LogP contribution in [0.3, 0.4) is 0 Å². The van der Waals surface area contributed by atoms with E-state index in [1.807, 2.05) is 59.1 Å². The molecular weight excluding hydrogens is 376 g/mol. The fourth-order valence-electron chi connectivity index (χ4n) is 3.73. The summed E-state index contributed by atoms with van der Waals surface area (Å²) >= 11 is 0. The molecule has 1 aromatic carbocycles. The van der Waals surface area contributed by atoms with Crippen LogP contribution in [0, 0.1) is 0 Å². The number of hydrogen-bond acceptors (Lipinski definition) is 5. The van der Waals surface area contributed by atoms with Crippen molar-refractivity contribution in [2.24, 2.45) is 7.05 Å². The second kappa shape index (κ2) is 8.67. The van der Waals surface area contributed by atoms with Crippen LogP contribution in [0.2, 0.25) is 0 Å². The highest BCUT2D eigenvalue weighted by Gasteiger charge is 2.25. The molecule has 0 unspecified atom stereocenters. The zero-order valence-corrected chi connectivity index (χ0v) is 17.7. The summed E-state index contributed by atoms with van der Waals surface area (Å²) in [4.78, 5) is 26.2. The predicted molar refractivity (Wildman–Crippen MR) is 119 cm³/mol. The number of para-hydroxylation sites is 1. The predicted octanol–water partition coefficient (Wildman–Crippen LogP) is 3.39. The van der Waals surface area contributed by atoms with E-state index in [0.717, 1.165) is 43.0 Å². The molecule has 7 heteroatoms. The largest absolute Gasteiger partial charge is 0.346 e. The third-order valence-corrected chi connectivity index (χ3v) is 5.57. The molecule has 1 aliphatic heterocycles. The number of hydrogen-bond donors (Lipinski definition) is 1. The Labute approximate surface area is 177 Å². The lowest BCUT2D eigenvalue weighted by Crippen LogP contribution is -2.50. The monoisotopic (exact) mass is 404 g/mol. The normalized spacial score (nSPS) is 14.9. The number of anilines is 2. The molecule has 30 heavy (non-hydrogen) atoms. The van der Waals surface area contributed by atoms with Gasteiger partial charge in [-0.05, 0) is 32.0 Å². The first-order valence-corrected chi connectivity index (χ1v) is 10.4. The lowest BCUT2D eigenvalue weighted by molar-refractivity contribution is 0.0586. The van der Waals surface area contributed by atoms with Gasteiger partial charge in [-0.25, -0.2) is 9.97 Å². The van der Waals surface area contributed by atoms with Gasteiger partial charge in [-0.2, -0.15) is 0 Å². The highest BCUT2D eigenvalue weighted by molar-refractivity contribution is 5.94. The summed E-state index contributed by atoms with van der Waals surface area (Å²) in [7, 11) is 1.91. The molecule has 0 saturated carbocycles. The smallest absolute Gasteiger partial charge is 0.270 e. The van der Waals surface area contributed by atoms with Crippen molar-refractivity contribution in [3.05, 3.63) is 60.7 Å². The standard InChI is InChI=1S/C23H28N6O/c1-17(2)28-9-11-29(12-10-28)22(30)21-13-18(16-27(21)3)19-14-24-23(25-15-19)26-20-7-5-4-6-8-20/h4-8,13-17H,9-12H2,1-3H3,(H,24,25,26). The molecular formula is C23H28N6O. The number of piperazine rings is 1. The molecule has 0 spiro atoms. The van der Waals surface area contributed by atoms with Gasteiger partial charge in [0.05, 0.1) is 0 Å². The van der Waals surface area contributed by atoms with Crippen molar-refractivity contribution in [2.75, 3.05) is 31.5 Å². The first kappa shape index (κ1) is 20.1. The van der Waals surface area contributed by atoms with Gasteiger partial charge < -0.3 is 14.8 Å². The van der Waals surface area contributed by atoms with Gasteiger partial charge in [0.25, 0.3) is 5.91 Å². The number of benzene rings is 1. The van der Waals surface area contributed by atoms with Crippen LogP contribution in [0.1, 0.15) is 24.3 Å². The summed E-state index contributed by atoms with van der Waals surface area (Å²) < 4.78 is 1.89. The highest BCUT2D eigenvalue weighted by atomic mass is 16.2. The van der Waals surface area contributed by atoms with Crippen molar-refractivity contribution in [2.45, 2.75) is 19.9 Å². The number of aromatic nitrogens is 3. The first-order chi connectivity index (χ1) is 14.5. The van der Waals surface area contributed by atoms with E-state index in [4.69, 9.17) is 0 Å². The van der Waals surface area contributed by atoms with Crippen LogP contribution in [0.4, 0.5) is 11.6 Å². The van der Waals surface area contributed by atoms with E-state index in [1.165, 1.54) is 0 Å². The zero-order valence-electron chi connectivity index (χ0n) is 17.7. The second-order valence-electron chi connectivity index (χ2n) is 7.93. The van der Waals surface area contributed by atoms with Gasteiger partial charge in [0.1, 0.15) is 5.69 Å². The number of nitrogens with zero attached hydrogens (tertiary/aromatic N) is 5. The molecule has 1 amide bonds. The van der Waals surface area contributed by atoms with Gasteiger partial charge in [0.2, 0.25) is 5.95 Å². The van der Waals surface area contributed by atoms with Gasteiger partial charge in [0, 0.05) is 74.7 Å². The maximum Gasteiger partial charge on any atom is 0.270 e. The molecule has 0 bridgehead atoms. The quantitative estimate of drug-likeness (QED) is 0.706. The molecule has 3 aromatic rings. The number of amides is 1. The summed E-state index contributed by atoms with van der Waals surface area (Å²) in [6.45, 7) is 7.77. The fourth-order valence-corrected chi connectivity index (χ4v) is 3.73. The molecule has 0 radical (unpaired) electrons. The Hall–Kier alpha value is -3.19. The third-order valence-electron chi connectivity index (χ3n) is 5.57. The lowest BCUT2D eigenvalue weighted by Gasteiger charge is -2.36. The maximum atomic E-state index is 13.0. The molecule has 1 saturated heterocycles. The number of rotatable bonds is 5. The van der Waals surface area contributed by atoms with Crippen molar-refractivity contribution < 1.29 is 4.79 Å². The highest BCUT2D eigenvalue weighted by Crippen LogP contribution is 2.23. The Morgan fingerprint density at radius 3 is 2.30 bits per heavy atom. The van der Waals surface area contributed by atoms with Crippen molar-refractivity contribution in [3.8, 4) is 11.1 Å². The Balaban J connectivity index is 1.45. The number of carbonyl (C=O) groups is 1. The summed E-state index contributed by atoms with van der Waals surface area (Å²) in [5.41, 5.74) is 3.45. The molecule has 7 nitrogen and oxygen atoms in total. The van der Waals surface area contributed by atoms with Crippen LogP contribution in [-0.4, -0.2) is 62.5 Å². The Kier molecular flexibility index (Phi) is 5.81. The van der Waals surface area contributed by atoms with Crippen LogP contribution >= 0.6 is 0 Å². The van der Waals surface area contributed by atoms with Gasteiger partial charge in [-0.15, -0.1) is 0 Å². The van der Waals surface area contributed by atoms with E-state index < -0.39 is 0 Å². The third kappa shape index (κ3) is 4.36. The van der Waals surface area contributed by atoms with Crippen molar-refractivity contribution >= 4 is 17.5 Å². The second-order valence-corrected chi connectivity index (χ2v) is 7.93. The van der Waals surface area contributed by atoms with Crippen molar-refractivity contribution in [1.82, 2.24) is 24.3 Å². The Morgan fingerprint density at radius 1 is 1.00 bits per heavy atom. The first-order valence-electron chi connectivity index (χ1n) is 10.4. The SMILES string of the molecule is CC(C)N1CCN(C(=O)c2cc(-c3cnc(Nc4ccccc4)nc3)cn2C)CC1. The molecule has 4 rings (SSSR count). The average molecular weight is 405 g/mol. The van der Waals surface area contributed by atoms with Crippen LogP contribution < -0.4 is 5.32 Å². The summed E-state index contributed by atoms with van der Waals surface area (Å²) in [6.07, 6.45) is 5.52. The minimum absolute atomic E-state index is 0.0791. The van der Waals surface area contributed by atoms with Crippen LogP contribution in [-0.2, 0) is 7.05 Å². The Morgan fingerprint density at radius 2 is 1.67 bits per heavy atom. The average Bonchev–Trinajstić information content (AvgIpc) is 3.16. The molecule has 1 fully saturated rings. The molecule has 156 valence electrons. The lowest BCUT2D eigenvalue weighted by atomic mass is 10.1. The molecule has 0 atom stereocenters. The molecule has 1 N–H and O–H groups in total. The van der Waals surface area contributed by atoms with E-state index in [1.54, 1.807) is 12.4 Å². The fraction of sp³-hybridized carbons (Fsp3) is 0.348. The van der Waals surface area contributed by atoms with Gasteiger partial charge in [-0.3, -0.25) is 9.69 Å². The zero-order chi connectivity index (χ0) is 21.1. The summed E-state index contributed by atoms with van der Waals surface area (Å²) in [5.74, 6) is 0.621. The maximum absolute atomic E-state index is 13.0. The summed E-state index contributed by atoms with van der Waals surface area (Å²) in [5, 5.41) is 3.18. The van der Waals surface area contributed by atoms with Crippen LogP contribution in [0.5, 0.6) is 0 Å². The molecule has 2 aromatic heterocycles. The van der Waals surface area contributed by atoms with Gasteiger partial charge in [-0.1, -0.05) is 18.2 Å². The van der Waals surface area contributed by atoms with Crippen molar-refractivity contribution in [1.29, 1.82) is 0 Å². The molecule has 0 aliphatic carbocycles. The molecule has 1 aliphatic rings. The van der Waals surface area contributed by atoms with Crippen LogP contribution in [0.15, 0.2) is 55.0 Å². The van der Waals surface area contributed by atoms with Gasteiger partial charge in [0.15, 0.2) is 0 Å². The topological polar surface area (TPSA) is 66.3 Å². The van der Waals surface area contributed by atoms with E-state index in [-0.39, 0.29) is 5.91 Å². The van der Waals surface area contributed by atoms with Crippen LogP contribution in [0.25, 0.3) is 11.1 Å². The minimum Gasteiger partial charge on any atom is -0.346 e. The van der Waals surface area contributed by atoms with Gasteiger partial charge >= 0.3 is 0 Å². The van der Waals surface area contributed by atoms with E-state index >= 15 is 0 Å². The molecule has 3 heterocycles. The van der Waals surface area contributed by atoms with Crippen molar-refractivity contribution in [3.63, 3.8) is 0 Å². The Bertz CT molecular complexity index is 988.